The normalized spacial score (nSPS) is 10.7. The minimum atomic E-state index is -0.650. The highest BCUT2D eigenvalue weighted by molar-refractivity contribution is 6.39. The standard InChI is InChI=1S/C25H17Cl2NO4/c1-15-7-12-19-20(26)13-21(27)25(23(19)28-15)32-22(29)14-31-18-10-8-17(9-11-18)24(30)16-5-3-2-4-6-16/h2-13H,14H2,1H3. The van der Waals surface area contributed by atoms with Gasteiger partial charge in [-0.25, -0.2) is 9.78 Å². The molecule has 7 heteroatoms. The molecule has 0 atom stereocenters. The van der Waals surface area contributed by atoms with Crippen molar-refractivity contribution in [1.29, 1.82) is 0 Å². The van der Waals surface area contributed by atoms with Crippen LogP contribution in [0.5, 0.6) is 11.5 Å². The average molecular weight is 466 g/mol. The Hall–Kier alpha value is -3.41. The fraction of sp³-hybridized carbons (Fsp3) is 0.0800. The van der Waals surface area contributed by atoms with Crippen LogP contribution in [0.4, 0.5) is 0 Å². The fourth-order valence-corrected chi connectivity index (χ4v) is 3.69. The van der Waals surface area contributed by atoms with Crippen molar-refractivity contribution in [1.82, 2.24) is 4.98 Å². The molecule has 32 heavy (non-hydrogen) atoms. The number of nitrogens with zero attached hydrogens (tertiary/aromatic N) is 1. The number of carbonyl (C=O) groups excluding carboxylic acids is 2. The van der Waals surface area contributed by atoms with E-state index in [1.54, 1.807) is 42.5 Å². The number of aryl methyl sites for hydroxylation is 1. The lowest BCUT2D eigenvalue weighted by atomic mass is 10.0. The maximum absolute atomic E-state index is 12.5. The lowest BCUT2D eigenvalue weighted by Gasteiger charge is -2.12. The molecule has 4 rings (SSSR count). The molecule has 4 aromatic rings. The molecule has 0 aliphatic carbocycles. The van der Waals surface area contributed by atoms with Crippen molar-refractivity contribution in [2.75, 3.05) is 6.61 Å². The topological polar surface area (TPSA) is 65.5 Å². The Labute approximate surface area is 194 Å². The SMILES string of the molecule is Cc1ccc2c(Cl)cc(Cl)c(OC(=O)COc3ccc(C(=O)c4ccccc4)cc3)c2n1. The van der Waals surface area contributed by atoms with Crippen molar-refractivity contribution >= 4 is 45.9 Å². The lowest BCUT2D eigenvalue weighted by Crippen LogP contribution is -2.18. The molecule has 0 unspecified atom stereocenters. The summed E-state index contributed by atoms with van der Waals surface area (Å²) in [5, 5.41) is 1.22. The highest BCUT2D eigenvalue weighted by Crippen LogP contribution is 2.37. The Bertz CT molecular complexity index is 1310. The number of rotatable bonds is 6. The first-order valence-electron chi connectivity index (χ1n) is 9.71. The van der Waals surface area contributed by atoms with Crippen molar-refractivity contribution < 1.29 is 19.1 Å². The summed E-state index contributed by atoms with van der Waals surface area (Å²) in [7, 11) is 0. The quantitative estimate of drug-likeness (QED) is 0.196. The number of ketones is 1. The Morgan fingerprint density at radius 1 is 0.875 bits per heavy atom. The Kier molecular flexibility index (Phi) is 6.40. The van der Waals surface area contributed by atoms with Crippen LogP contribution in [0, 0.1) is 6.92 Å². The molecule has 0 aliphatic heterocycles. The van der Waals surface area contributed by atoms with E-state index in [-0.39, 0.29) is 23.2 Å². The number of pyridine rings is 1. The van der Waals surface area contributed by atoms with Crippen molar-refractivity contribution in [2.45, 2.75) is 6.92 Å². The Morgan fingerprint density at radius 2 is 1.56 bits per heavy atom. The zero-order chi connectivity index (χ0) is 22.7. The molecular formula is C25H17Cl2NO4. The molecule has 1 aromatic heterocycles. The third-order valence-electron chi connectivity index (χ3n) is 4.70. The Morgan fingerprint density at radius 3 is 2.28 bits per heavy atom. The van der Waals surface area contributed by atoms with E-state index in [0.29, 0.717) is 32.8 Å². The van der Waals surface area contributed by atoms with Gasteiger partial charge in [-0.15, -0.1) is 0 Å². The van der Waals surface area contributed by atoms with Crippen LogP contribution in [0.2, 0.25) is 10.0 Å². The summed E-state index contributed by atoms with van der Waals surface area (Å²) in [5.74, 6) is -0.188. The van der Waals surface area contributed by atoms with Crippen molar-refractivity contribution in [3.63, 3.8) is 0 Å². The van der Waals surface area contributed by atoms with Crippen LogP contribution in [0.15, 0.2) is 72.8 Å². The van der Waals surface area contributed by atoms with Gasteiger partial charge >= 0.3 is 5.97 Å². The molecule has 0 aliphatic rings. The molecule has 1 heterocycles. The maximum Gasteiger partial charge on any atom is 0.349 e. The third kappa shape index (κ3) is 4.74. The van der Waals surface area contributed by atoms with Gasteiger partial charge in [-0.1, -0.05) is 53.5 Å². The molecule has 0 radical (unpaired) electrons. The summed E-state index contributed by atoms with van der Waals surface area (Å²) >= 11 is 12.5. The van der Waals surface area contributed by atoms with Gasteiger partial charge in [-0.2, -0.15) is 0 Å². The molecule has 0 amide bonds. The molecule has 0 N–H and O–H groups in total. The number of hydrogen-bond donors (Lipinski definition) is 0. The van der Waals surface area contributed by atoms with E-state index in [4.69, 9.17) is 32.7 Å². The highest BCUT2D eigenvalue weighted by Gasteiger charge is 2.17. The molecule has 3 aromatic carbocycles. The van der Waals surface area contributed by atoms with Crippen LogP contribution in [0.3, 0.4) is 0 Å². The monoisotopic (exact) mass is 465 g/mol. The molecule has 0 saturated heterocycles. The summed E-state index contributed by atoms with van der Waals surface area (Å²) in [6.07, 6.45) is 0. The van der Waals surface area contributed by atoms with E-state index in [0.717, 1.165) is 5.69 Å². The number of benzene rings is 3. The minimum Gasteiger partial charge on any atom is -0.482 e. The largest absolute Gasteiger partial charge is 0.482 e. The Balaban J connectivity index is 1.44. The first kappa shape index (κ1) is 21.8. The predicted molar refractivity (Wildman–Crippen MR) is 124 cm³/mol. The van der Waals surface area contributed by atoms with Crippen LogP contribution in [-0.2, 0) is 4.79 Å². The second-order valence-corrected chi connectivity index (χ2v) is 7.81. The highest BCUT2D eigenvalue weighted by atomic mass is 35.5. The van der Waals surface area contributed by atoms with Crippen molar-refractivity contribution in [2.24, 2.45) is 0 Å². The van der Waals surface area contributed by atoms with Crippen molar-refractivity contribution in [3.05, 3.63) is 99.7 Å². The summed E-state index contributed by atoms with van der Waals surface area (Å²) < 4.78 is 10.9. The summed E-state index contributed by atoms with van der Waals surface area (Å²) in [5.41, 5.74) is 2.25. The summed E-state index contributed by atoms with van der Waals surface area (Å²) in [6.45, 7) is 1.47. The van der Waals surface area contributed by atoms with Gasteiger partial charge < -0.3 is 9.47 Å². The van der Waals surface area contributed by atoms with Gasteiger partial charge in [0, 0.05) is 22.2 Å². The number of esters is 1. The van der Waals surface area contributed by atoms with Gasteiger partial charge in [0.2, 0.25) is 0 Å². The van der Waals surface area contributed by atoms with Gasteiger partial charge in [0.25, 0.3) is 0 Å². The number of hydrogen-bond acceptors (Lipinski definition) is 5. The van der Waals surface area contributed by atoms with Crippen molar-refractivity contribution in [3.8, 4) is 11.5 Å². The second kappa shape index (κ2) is 9.39. The molecule has 0 bridgehead atoms. The van der Waals surface area contributed by atoms with E-state index in [2.05, 4.69) is 4.98 Å². The second-order valence-electron chi connectivity index (χ2n) is 7.00. The zero-order valence-electron chi connectivity index (χ0n) is 17.0. The minimum absolute atomic E-state index is 0.0939. The first-order valence-corrected chi connectivity index (χ1v) is 10.5. The van der Waals surface area contributed by atoms with Crippen LogP contribution in [0.1, 0.15) is 21.6 Å². The number of carbonyl (C=O) groups is 2. The van der Waals surface area contributed by atoms with Crippen LogP contribution < -0.4 is 9.47 Å². The molecule has 0 fully saturated rings. The first-order chi connectivity index (χ1) is 15.4. The lowest BCUT2D eigenvalue weighted by molar-refractivity contribution is -0.136. The molecular weight excluding hydrogens is 449 g/mol. The smallest absolute Gasteiger partial charge is 0.349 e. The van der Waals surface area contributed by atoms with E-state index in [9.17, 15) is 9.59 Å². The van der Waals surface area contributed by atoms with Gasteiger partial charge in [0.05, 0.1) is 10.0 Å². The fourth-order valence-electron chi connectivity index (χ4n) is 3.13. The molecule has 0 spiro atoms. The van der Waals surface area contributed by atoms with Crippen LogP contribution in [-0.4, -0.2) is 23.3 Å². The van der Waals surface area contributed by atoms with E-state index >= 15 is 0 Å². The molecule has 160 valence electrons. The average Bonchev–Trinajstić information content (AvgIpc) is 2.80. The molecule has 0 saturated carbocycles. The zero-order valence-corrected chi connectivity index (χ0v) is 18.5. The van der Waals surface area contributed by atoms with E-state index in [1.807, 2.05) is 31.2 Å². The number of halogens is 2. The molecule has 5 nitrogen and oxygen atoms in total. The van der Waals surface area contributed by atoms with Crippen LogP contribution >= 0.6 is 23.2 Å². The summed E-state index contributed by atoms with van der Waals surface area (Å²) in [4.78, 5) is 29.3. The van der Waals surface area contributed by atoms with E-state index < -0.39 is 5.97 Å². The van der Waals surface area contributed by atoms with Gasteiger partial charge in [0.1, 0.15) is 11.3 Å². The third-order valence-corrected chi connectivity index (χ3v) is 5.30. The number of fused-ring (bicyclic) bond motifs is 1. The van der Waals surface area contributed by atoms with Gasteiger partial charge in [-0.05, 0) is 49.4 Å². The van der Waals surface area contributed by atoms with E-state index in [1.165, 1.54) is 6.07 Å². The number of ether oxygens (including phenoxy) is 2. The van der Waals surface area contributed by atoms with Gasteiger partial charge in [0.15, 0.2) is 18.1 Å². The van der Waals surface area contributed by atoms with Gasteiger partial charge in [-0.3, -0.25) is 4.79 Å². The summed E-state index contributed by atoms with van der Waals surface area (Å²) in [6, 6.07) is 20.6. The number of aromatic nitrogens is 1. The maximum atomic E-state index is 12.5. The predicted octanol–water partition coefficient (Wildman–Crippen LogP) is 6.07. The van der Waals surface area contributed by atoms with Crippen LogP contribution in [0.25, 0.3) is 10.9 Å².